The van der Waals surface area contributed by atoms with Crippen molar-refractivity contribution in [2.75, 3.05) is 6.61 Å². The summed E-state index contributed by atoms with van der Waals surface area (Å²) in [6, 6.07) is 5.81. The molecule has 0 bridgehead atoms. The monoisotopic (exact) mass is 477 g/mol. The molecular formula is C28H35N3O4. The highest BCUT2D eigenvalue weighted by Gasteiger charge is 2.70. The third-order valence-electron chi connectivity index (χ3n) is 10.4. The molecule has 7 nitrogen and oxygen atoms in total. The van der Waals surface area contributed by atoms with E-state index in [4.69, 9.17) is 0 Å². The molecule has 7 heteroatoms. The van der Waals surface area contributed by atoms with E-state index in [9.17, 15) is 20.1 Å². The molecule has 0 radical (unpaired) electrons. The molecule has 6 rings (SSSR count). The van der Waals surface area contributed by atoms with E-state index in [1.165, 1.54) is 5.57 Å². The van der Waals surface area contributed by atoms with Crippen LogP contribution in [0.1, 0.15) is 57.7 Å². The highest BCUT2D eigenvalue weighted by atomic mass is 16.3. The fraction of sp³-hybridized carbons (Fsp3) is 0.607. The van der Waals surface area contributed by atoms with E-state index in [2.05, 4.69) is 23.1 Å². The number of aliphatic hydroxyl groups is 3. The van der Waals surface area contributed by atoms with Crippen molar-refractivity contribution in [2.24, 2.45) is 34.5 Å². The first kappa shape index (κ1) is 23.1. The van der Waals surface area contributed by atoms with Crippen molar-refractivity contribution in [1.82, 2.24) is 14.8 Å². The lowest BCUT2D eigenvalue weighted by Crippen LogP contribution is -2.63. The minimum absolute atomic E-state index is 0.0469. The second-order valence-corrected chi connectivity index (χ2v) is 11.9. The van der Waals surface area contributed by atoms with Crippen LogP contribution in [0.3, 0.4) is 0 Å². The van der Waals surface area contributed by atoms with Crippen LogP contribution in [0.15, 0.2) is 36.2 Å². The van der Waals surface area contributed by atoms with Gasteiger partial charge in [0.1, 0.15) is 12.2 Å². The highest BCUT2D eigenvalue weighted by Crippen LogP contribution is 2.68. The van der Waals surface area contributed by atoms with Gasteiger partial charge in [-0.2, -0.15) is 5.10 Å². The largest absolute Gasteiger partial charge is 0.393 e. The van der Waals surface area contributed by atoms with Crippen LogP contribution in [-0.4, -0.2) is 54.2 Å². The Bertz CT molecular complexity index is 1210. The molecule has 3 N–H and O–H groups in total. The number of hydrogen-bond acceptors (Lipinski definition) is 6. The summed E-state index contributed by atoms with van der Waals surface area (Å²) in [7, 11) is 0. The molecule has 4 aliphatic rings. The van der Waals surface area contributed by atoms with Crippen LogP contribution in [0.25, 0.3) is 11.9 Å². The normalized spacial score (nSPS) is 41.9. The fourth-order valence-corrected chi connectivity index (χ4v) is 8.89. The van der Waals surface area contributed by atoms with Crippen LogP contribution in [0.5, 0.6) is 0 Å². The smallest absolute Gasteiger partial charge is 0.190 e. The fourth-order valence-electron chi connectivity index (χ4n) is 8.89. The molecule has 4 aliphatic carbocycles. The highest BCUT2D eigenvalue weighted by molar-refractivity contribution is 5.90. The first-order chi connectivity index (χ1) is 16.6. The second kappa shape index (κ2) is 7.58. The van der Waals surface area contributed by atoms with Crippen LogP contribution >= 0.6 is 0 Å². The third kappa shape index (κ3) is 2.86. The summed E-state index contributed by atoms with van der Waals surface area (Å²) >= 11 is 0. The number of ketones is 1. The molecule has 0 unspecified atom stereocenters. The molecule has 8 atom stereocenters. The van der Waals surface area contributed by atoms with Crippen LogP contribution in [-0.2, 0) is 11.2 Å². The maximum Gasteiger partial charge on any atom is 0.190 e. The van der Waals surface area contributed by atoms with Gasteiger partial charge in [-0.15, -0.1) is 0 Å². The predicted octanol–water partition coefficient (Wildman–Crippen LogP) is 2.96. The van der Waals surface area contributed by atoms with Gasteiger partial charge >= 0.3 is 0 Å². The van der Waals surface area contributed by atoms with Gasteiger partial charge in [-0.25, -0.2) is 9.67 Å². The lowest BCUT2D eigenvalue weighted by Gasteiger charge is -2.60. The molecule has 2 heterocycles. The average molecular weight is 478 g/mol. The lowest BCUT2D eigenvalue weighted by molar-refractivity contribution is -0.186. The number of carbonyl (C=O) groups excluding carboxylic acids is 1. The molecule has 0 aliphatic heterocycles. The topological polar surface area (TPSA) is 108 Å². The van der Waals surface area contributed by atoms with Gasteiger partial charge in [0.05, 0.1) is 18.0 Å². The molecule has 2 aromatic rings. The van der Waals surface area contributed by atoms with Gasteiger partial charge in [-0.1, -0.05) is 32.4 Å². The molecule has 0 amide bonds. The van der Waals surface area contributed by atoms with Crippen molar-refractivity contribution in [3.8, 4) is 5.82 Å². The van der Waals surface area contributed by atoms with Crippen LogP contribution in [0.2, 0.25) is 0 Å². The summed E-state index contributed by atoms with van der Waals surface area (Å²) < 4.78 is 1.90. The number of Topliss-reactive ketones (excluding diaryl/α,β-unsaturated/α-hetero) is 1. The minimum atomic E-state index is -1.60. The van der Waals surface area contributed by atoms with E-state index in [0.29, 0.717) is 6.42 Å². The van der Waals surface area contributed by atoms with Gasteiger partial charge in [-0.05, 0) is 85.0 Å². The average Bonchev–Trinajstić information content (AvgIpc) is 3.33. The zero-order valence-electron chi connectivity index (χ0n) is 20.7. The number of fused-ring (bicyclic) bond motifs is 6. The Balaban J connectivity index is 1.39. The van der Waals surface area contributed by atoms with E-state index in [1.54, 1.807) is 6.20 Å². The van der Waals surface area contributed by atoms with Crippen LogP contribution < -0.4 is 0 Å². The van der Waals surface area contributed by atoms with Crippen LogP contribution in [0.4, 0.5) is 0 Å². The third-order valence-corrected chi connectivity index (χ3v) is 10.4. The van der Waals surface area contributed by atoms with Gasteiger partial charge in [0.25, 0.3) is 0 Å². The number of rotatable bonds is 3. The predicted molar refractivity (Wildman–Crippen MR) is 130 cm³/mol. The molecule has 186 valence electrons. The maximum absolute atomic E-state index is 12.8. The van der Waals surface area contributed by atoms with Gasteiger partial charge < -0.3 is 15.3 Å². The summed E-state index contributed by atoms with van der Waals surface area (Å²) in [4.78, 5) is 17.3. The summed E-state index contributed by atoms with van der Waals surface area (Å²) in [5.41, 5.74) is 1.03. The Morgan fingerprint density at radius 2 is 2.09 bits per heavy atom. The van der Waals surface area contributed by atoms with E-state index >= 15 is 0 Å². The SMILES string of the molecule is C[C@@H]1C[C@H]2[C@@H]3CCC4=Cc5c(cnn5-c5ccccn5)C[C@]4(C)[C@H]3[C@@H](O)C[C@]2(C)[C@@]1(O)C(=O)CO. The van der Waals surface area contributed by atoms with Crippen molar-refractivity contribution in [2.45, 2.75) is 64.6 Å². The Labute approximate surface area is 205 Å². The number of carbonyl (C=O) groups is 1. The number of pyridine rings is 1. The zero-order valence-corrected chi connectivity index (χ0v) is 20.7. The molecule has 35 heavy (non-hydrogen) atoms. The molecule has 0 saturated heterocycles. The van der Waals surface area contributed by atoms with Gasteiger partial charge in [0.15, 0.2) is 11.6 Å². The van der Waals surface area contributed by atoms with Crippen LogP contribution in [0, 0.1) is 34.5 Å². The van der Waals surface area contributed by atoms with E-state index in [-0.39, 0.29) is 29.1 Å². The van der Waals surface area contributed by atoms with Gasteiger partial charge in [0, 0.05) is 11.6 Å². The summed E-state index contributed by atoms with van der Waals surface area (Å²) in [6.07, 6.45) is 9.09. The zero-order chi connectivity index (χ0) is 24.8. The Kier molecular flexibility index (Phi) is 4.99. The molecule has 3 saturated carbocycles. The van der Waals surface area contributed by atoms with E-state index in [0.717, 1.165) is 42.8 Å². The number of allylic oxidation sites excluding steroid dienone is 1. The minimum Gasteiger partial charge on any atom is -0.393 e. The molecule has 0 aromatic carbocycles. The number of aromatic nitrogens is 3. The molecule has 3 fully saturated rings. The van der Waals surface area contributed by atoms with Crippen molar-refractivity contribution in [3.05, 3.63) is 47.4 Å². The molecule has 0 spiro atoms. The second-order valence-electron chi connectivity index (χ2n) is 11.9. The first-order valence-corrected chi connectivity index (χ1v) is 12.9. The Morgan fingerprint density at radius 3 is 2.80 bits per heavy atom. The van der Waals surface area contributed by atoms with Crippen molar-refractivity contribution in [3.63, 3.8) is 0 Å². The maximum atomic E-state index is 12.8. The van der Waals surface area contributed by atoms with Crippen molar-refractivity contribution in [1.29, 1.82) is 0 Å². The Hall–Kier alpha value is -2.35. The van der Waals surface area contributed by atoms with Gasteiger partial charge in [-0.3, -0.25) is 4.79 Å². The first-order valence-electron chi connectivity index (χ1n) is 12.9. The van der Waals surface area contributed by atoms with Crippen molar-refractivity contribution < 1.29 is 20.1 Å². The van der Waals surface area contributed by atoms with Gasteiger partial charge in [0.2, 0.25) is 0 Å². The lowest BCUT2D eigenvalue weighted by atomic mass is 9.45. The Morgan fingerprint density at radius 1 is 1.29 bits per heavy atom. The molecule has 2 aromatic heterocycles. The summed E-state index contributed by atoms with van der Waals surface area (Å²) in [6.45, 7) is 5.51. The molecular weight excluding hydrogens is 442 g/mol. The number of hydrogen-bond donors (Lipinski definition) is 3. The summed E-state index contributed by atoms with van der Waals surface area (Å²) in [5, 5.41) is 37.7. The quantitative estimate of drug-likeness (QED) is 0.627. The summed E-state index contributed by atoms with van der Waals surface area (Å²) in [5.74, 6) is 0.424. The number of nitrogens with zero attached hydrogens (tertiary/aromatic N) is 3. The van der Waals surface area contributed by atoms with E-state index in [1.807, 2.05) is 42.9 Å². The standard InChI is InChI=1S/C28H35N3O4/c1-16-10-20-19-8-7-18-11-21-17(14-30-31(21)24-6-4-5-9-29-24)12-26(18,2)25(19)22(33)13-27(20,3)28(16,35)23(34)15-32/h4-6,9,11,14,16,19-20,22,25,32-33,35H,7-8,10,12-13,15H2,1-3H3/t16-,19+,20+,22+,25-,26+,27+,28+/m1/s1. The van der Waals surface area contributed by atoms with E-state index < -0.39 is 29.5 Å². The van der Waals surface area contributed by atoms with Crippen molar-refractivity contribution >= 4 is 11.9 Å². The number of aliphatic hydroxyl groups excluding tert-OH is 2.